The molecule has 0 fully saturated rings. The Bertz CT molecular complexity index is 402. The molecule has 0 aliphatic heterocycles. The standard InChI is InChI=1S/C14H22FN3S.HI/c1-3-8-17-14(16-2)18-9-10-19-11-12-6-4-5-7-13(12)15;/h4-7H,3,8-11H2,1-2H3,(H2,16,17,18);1H. The first kappa shape index (κ1) is 19.5. The quantitative estimate of drug-likeness (QED) is 0.313. The molecule has 0 spiro atoms. The average Bonchev–Trinajstić information content (AvgIpc) is 2.43. The van der Waals surface area contributed by atoms with E-state index >= 15 is 0 Å². The van der Waals surface area contributed by atoms with Gasteiger partial charge in [-0.1, -0.05) is 25.1 Å². The normalized spacial score (nSPS) is 10.8. The summed E-state index contributed by atoms with van der Waals surface area (Å²) in [5, 5.41) is 6.44. The second-order valence-corrected chi connectivity index (χ2v) is 5.17. The molecule has 3 nitrogen and oxygen atoms in total. The number of hydrogen-bond donors (Lipinski definition) is 2. The number of nitrogens with zero attached hydrogens (tertiary/aromatic N) is 1. The Morgan fingerprint density at radius 1 is 1.25 bits per heavy atom. The van der Waals surface area contributed by atoms with Crippen molar-refractivity contribution < 1.29 is 4.39 Å². The molecule has 1 rings (SSSR count). The Morgan fingerprint density at radius 2 is 1.95 bits per heavy atom. The fourth-order valence-corrected chi connectivity index (χ4v) is 2.35. The smallest absolute Gasteiger partial charge is 0.191 e. The molecule has 0 heterocycles. The van der Waals surface area contributed by atoms with Gasteiger partial charge in [0.1, 0.15) is 5.82 Å². The minimum absolute atomic E-state index is 0. The second kappa shape index (κ2) is 12.3. The van der Waals surface area contributed by atoms with Crippen LogP contribution in [0.5, 0.6) is 0 Å². The topological polar surface area (TPSA) is 36.4 Å². The maximum Gasteiger partial charge on any atom is 0.191 e. The first-order valence-corrected chi connectivity index (χ1v) is 7.69. The highest BCUT2D eigenvalue weighted by atomic mass is 127. The third-order valence-electron chi connectivity index (χ3n) is 2.52. The van der Waals surface area contributed by atoms with Gasteiger partial charge < -0.3 is 10.6 Å². The van der Waals surface area contributed by atoms with Crippen molar-refractivity contribution in [2.75, 3.05) is 25.9 Å². The van der Waals surface area contributed by atoms with E-state index in [9.17, 15) is 4.39 Å². The van der Waals surface area contributed by atoms with Gasteiger partial charge in [-0.05, 0) is 18.1 Å². The third kappa shape index (κ3) is 7.94. The molecule has 0 bridgehead atoms. The zero-order chi connectivity index (χ0) is 13.9. The number of hydrogen-bond acceptors (Lipinski definition) is 2. The van der Waals surface area contributed by atoms with Crippen LogP contribution in [0, 0.1) is 5.82 Å². The molecule has 2 N–H and O–H groups in total. The fourth-order valence-electron chi connectivity index (χ4n) is 1.50. The van der Waals surface area contributed by atoms with Crippen LogP contribution in [0.25, 0.3) is 0 Å². The van der Waals surface area contributed by atoms with Gasteiger partial charge in [0.25, 0.3) is 0 Å². The molecule has 0 saturated carbocycles. The van der Waals surface area contributed by atoms with E-state index in [0.717, 1.165) is 36.8 Å². The Labute approximate surface area is 142 Å². The van der Waals surface area contributed by atoms with Crippen molar-refractivity contribution in [3.8, 4) is 0 Å². The Morgan fingerprint density at radius 3 is 2.60 bits per heavy atom. The SMILES string of the molecule is CCCNC(=NC)NCCSCc1ccccc1F.I. The first-order valence-electron chi connectivity index (χ1n) is 6.53. The average molecular weight is 411 g/mol. The molecule has 0 radical (unpaired) electrons. The highest BCUT2D eigenvalue weighted by Crippen LogP contribution is 2.14. The van der Waals surface area contributed by atoms with E-state index in [0.29, 0.717) is 5.75 Å². The monoisotopic (exact) mass is 411 g/mol. The Hall–Kier alpha value is -0.500. The summed E-state index contributed by atoms with van der Waals surface area (Å²) in [6, 6.07) is 6.92. The summed E-state index contributed by atoms with van der Waals surface area (Å²) in [6.45, 7) is 3.86. The summed E-state index contributed by atoms with van der Waals surface area (Å²) >= 11 is 1.71. The van der Waals surface area contributed by atoms with Crippen molar-refractivity contribution in [2.45, 2.75) is 19.1 Å². The lowest BCUT2D eigenvalue weighted by Gasteiger charge is -2.10. The van der Waals surface area contributed by atoms with Gasteiger partial charge in [-0.3, -0.25) is 4.99 Å². The number of thioether (sulfide) groups is 1. The summed E-state index contributed by atoms with van der Waals surface area (Å²) < 4.78 is 13.4. The molecule has 0 aliphatic rings. The summed E-state index contributed by atoms with van der Waals surface area (Å²) in [5.74, 6) is 2.33. The number of nitrogens with one attached hydrogen (secondary N) is 2. The van der Waals surface area contributed by atoms with Crippen molar-refractivity contribution in [3.63, 3.8) is 0 Å². The number of benzene rings is 1. The molecule has 0 aromatic heterocycles. The van der Waals surface area contributed by atoms with Crippen LogP contribution in [-0.4, -0.2) is 31.8 Å². The molecule has 0 atom stereocenters. The predicted octanol–water partition coefficient (Wildman–Crippen LogP) is 3.25. The van der Waals surface area contributed by atoms with Crippen molar-refractivity contribution >= 4 is 41.7 Å². The van der Waals surface area contributed by atoms with E-state index in [1.54, 1.807) is 24.9 Å². The van der Waals surface area contributed by atoms with Crippen LogP contribution in [0.2, 0.25) is 0 Å². The molecule has 1 aromatic rings. The molecule has 0 saturated heterocycles. The first-order chi connectivity index (χ1) is 9.27. The Kier molecular flexibility index (Phi) is 12.0. The minimum atomic E-state index is -0.122. The zero-order valence-corrected chi connectivity index (χ0v) is 15.1. The van der Waals surface area contributed by atoms with E-state index in [2.05, 4.69) is 22.5 Å². The largest absolute Gasteiger partial charge is 0.356 e. The molecular formula is C14H23FIN3S. The van der Waals surface area contributed by atoms with E-state index in [-0.39, 0.29) is 29.8 Å². The van der Waals surface area contributed by atoms with Crippen molar-refractivity contribution in [1.29, 1.82) is 0 Å². The van der Waals surface area contributed by atoms with Gasteiger partial charge >= 0.3 is 0 Å². The van der Waals surface area contributed by atoms with E-state index in [1.165, 1.54) is 6.07 Å². The van der Waals surface area contributed by atoms with E-state index in [1.807, 2.05) is 12.1 Å². The van der Waals surface area contributed by atoms with Crippen molar-refractivity contribution in [3.05, 3.63) is 35.6 Å². The van der Waals surface area contributed by atoms with Crippen LogP contribution in [0.1, 0.15) is 18.9 Å². The van der Waals surface area contributed by atoms with Crippen molar-refractivity contribution in [2.24, 2.45) is 4.99 Å². The maximum absolute atomic E-state index is 13.4. The lowest BCUT2D eigenvalue weighted by Crippen LogP contribution is -2.38. The summed E-state index contributed by atoms with van der Waals surface area (Å²) in [7, 11) is 1.76. The minimum Gasteiger partial charge on any atom is -0.356 e. The second-order valence-electron chi connectivity index (χ2n) is 4.07. The Balaban J connectivity index is 0.00000361. The van der Waals surface area contributed by atoms with Crippen LogP contribution < -0.4 is 10.6 Å². The van der Waals surface area contributed by atoms with Gasteiger partial charge in [-0.25, -0.2) is 4.39 Å². The highest BCUT2D eigenvalue weighted by molar-refractivity contribution is 14.0. The number of aliphatic imine (C=N–C) groups is 1. The molecule has 20 heavy (non-hydrogen) atoms. The lowest BCUT2D eigenvalue weighted by atomic mass is 10.2. The van der Waals surface area contributed by atoms with Gasteiger partial charge in [0.15, 0.2) is 5.96 Å². The molecule has 6 heteroatoms. The fraction of sp³-hybridized carbons (Fsp3) is 0.500. The molecule has 0 aliphatic carbocycles. The van der Waals surface area contributed by atoms with Crippen LogP contribution >= 0.6 is 35.7 Å². The number of rotatable bonds is 7. The predicted molar refractivity (Wildman–Crippen MR) is 97.6 cm³/mol. The van der Waals surface area contributed by atoms with Gasteiger partial charge in [-0.15, -0.1) is 24.0 Å². The van der Waals surface area contributed by atoms with Crippen LogP contribution in [0.4, 0.5) is 4.39 Å². The molecular weight excluding hydrogens is 388 g/mol. The molecule has 0 amide bonds. The highest BCUT2D eigenvalue weighted by Gasteiger charge is 2.00. The summed E-state index contributed by atoms with van der Waals surface area (Å²) in [5.41, 5.74) is 0.765. The molecule has 1 aromatic carbocycles. The summed E-state index contributed by atoms with van der Waals surface area (Å²) in [6.07, 6.45) is 1.07. The summed E-state index contributed by atoms with van der Waals surface area (Å²) in [4.78, 5) is 4.12. The van der Waals surface area contributed by atoms with E-state index < -0.39 is 0 Å². The zero-order valence-electron chi connectivity index (χ0n) is 12.0. The third-order valence-corrected chi connectivity index (χ3v) is 3.53. The van der Waals surface area contributed by atoms with E-state index in [4.69, 9.17) is 0 Å². The molecule has 0 unspecified atom stereocenters. The van der Waals surface area contributed by atoms with Crippen molar-refractivity contribution in [1.82, 2.24) is 10.6 Å². The van der Waals surface area contributed by atoms with Gasteiger partial charge in [-0.2, -0.15) is 11.8 Å². The van der Waals surface area contributed by atoms with Crippen LogP contribution in [0.15, 0.2) is 29.3 Å². The van der Waals surface area contributed by atoms with Gasteiger partial charge in [0.05, 0.1) is 0 Å². The molecule has 114 valence electrons. The van der Waals surface area contributed by atoms with Crippen LogP contribution in [-0.2, 0) is 5.75 Å². The number of halogens is 2. The van der Waals surface area contributed by atoms with Crippen LogP contribution in [0.3, 0.4) is 0 Å². The lowest BCUT2D eigenvalue weighted by molar-refractivity contribution is 0.617. The van der Waals surface area contributed by atoms with Gasteiger partial charge in [0.2, 0.25) is 0 Å². The number of guanidine groups is 1. The maximum atomic E-state index is 13.4. The van der Waals surface area contributed by atoms with Gasteiger partial charge in [0, 0.05) is 31.6 Å².